The van der Waals surface area contributed by atoms with E-state index in [0.717, 1.165) is 0 Å². The van der Waals surface area contributed by atoms with Crippen LogP contribution in [-0.4, -0.2) is 39.4 Å². The van der Waals surface area contributed by atoms with Gasteiger partial charge >= 0.3 is 0 Å². The molecule has 1 N–H and O–H groups in total. The average molecular weight is 349 g/mol. The summed E-state index contributed by atoms with van der Waals surface area (Å²) in [5.41, 5.74) is 0.625. The summed E-state index contributed by atoms with van der Waals surface area (Å²) in [5, 5.41) is 0. The second-order valence-corrected chi connectivity index (χ2v) is 7.08. The van der Waals surface area contributed by atoms with Gasteiger partial charge < -0.3 is 4.90 Å². The van der Waals surface area contributed by atoms with Gasteiger partial charge in [0.15, 0.2) is 0 Å². The van der Waals surface area contributed by atoms with Gasteiger partial charge in [0.1, 0.15) is 0 Å². The van der Waals surface area contributed by atoms with Gasteiger partial charge in [-0.25, -0.2) is 8.42 Å². The van der Waals surface area contributed by atoms with Crippen LogP contribution >= 0.6 is 15.9 Å². The fourth-order valence-corrected chi connectivity index (χ4v) is 3.58. The van der Waals surface area contributed by atoms with Crippen molar-refractivity contribution in [2.24, 2.45) is 0 Å². The van der Waals surface area contributed by atoms with Gasteiger partial charge in [0, 0.05) is 18.6 Å². The maximum atomic E-state index is 12.2. The number of halogens is 1. The van der Waals surface area contributed by atoms with Crippen LogP contribution in [0, 0.1) is 6.92 Å². The number of sulfonamides is 1. The summed E-state index contributed by atoms with van der Waals surface area (Å²) >= 11 is 3.24. The molecule has 1 aromatic rings. The normalized spacial score (nSPS) is 13.1. The number of rotatable bonds is 4. The van der Waals surface area contributed by atoms with Crippen LogP contribution < -0.4 is 4.72 Å². The van der Waals surface area contributed by atoms with Gasteiger partial charge in [0.05, 0.1) is 10.9 Å². The van der Waals surface area contributed by atoms with Gasteiger partial charge in [0.2, 0.25) is 15.9 Å². The van der Waals surface area contributed by atoms with Crippen LogP contribution in [0.2, 0.25) is 0 Å². The van der Waals surface area contributed by atoms with Crippen molar-refractivity contribution >= 4 is 31.9 Å². The molecule has 19 heavy (non-hydrogen) atoms. The van der Waals surface area contributed by atoms with Gasteiger partial charge in [-0.3, -0.25) is 4.79 Å². The number of carbonyl (C=O) groups excluding carboxylic acids is 1. The van der Waals surface area contributed by atoms with Crippen LogP contribution in [-0.2, 0) is 14.8 Å². The molecule has 1 aromatic carbocycles. The molecule has 0 aliphatic heterocycles. The molecule has 1 amide bonds. The average Bonchev–Trinajstić information content (AvgIpc) is 2.30. The predicted octanol–water partition coefficient (Wildman–Crippen LogP) is 1.51. The molecule has 1 unspecified atom stereocenters. The summed E-state index contributed by atoms with van der Waals surface area (Å²) in [6.45, 7) is 3.23. The van der Waals surface area contributed by atoms with Crippen molar-refractivity contribution < 1.29 is 13.2 Å². The summed E-state index contributed by atoms with van der Waals surface area (Å²) in [6.07, 6.45) is 0. The van der Waals surface area contributed by atoms with E-state index in [1.807, 2.05) is 0 Å². The van der Waals surface area contributed by atoms with E-state index in [0.29, 0.717) is 10.0 Å². The van der Waals surface area contributed by atoms with Gasteiger partial charge in [-0.15, -0.1) is 0 Å². The minimum atomic E-state index is -3.72. The highest BCUT2D eigenvalue weighted by atomic mass is 79.9. The molecule has 1 atom stereocenters. The first-order valence-electron chi connectivity index (χ1n) is 5.65. The number of nitrogens with zero attached hydrogens (tertiary/aromatic N) is 1. The third kappa shape index (κ3) is 4.02. The Hall–Kier alpha value is -0.920. The molecule has 0 radical (unpaired) electrons. The first-order valence-corrected chi connectivity index (χ1v) is 7.92. The minimum Gasteiger partial charge on any atom is -0.347 e. The zero-order valence-corrected chi connectivity index (χ0v) is 13.7. The van der Waals surface area contributed by atoms with Gasteiger partial charge in [-0.2, -0.15) is 4.72 Å². The second-order valence-electron chi connectivity index (χ2n) is 4.49. The number of aryl methyl sites for hydroxylation is 1. The van der Waals surface area contributed by atoms with E-state index in [9.17, 15) is 13.2 Å². The number of benzene rings is 1. The standard InChI is InChI=1S/C12H17BrN2O3S/c1-8-5-6-10(13)7-11(8)19(17,18)14-9(2)12(16)15(3)4/h5-7,9,14H,1-4H3. The second kappa shape index (κ2) is 6.02. The molecule has 5 nitrogen and oxygen atoms in total. The lowest BCUT2D eigenvalue weighted by atomic mass is 10.2. The Bertz CT molecular complexity index is 585. The summed E-state index contributed by atoms with van der Waals surface area (Å²) in [4.78, 5) is 13.2. The topological polar surface area (TPSA) is 66.5 Å². The Labute approximate surface area is 122 Å². The van der Waals surface area contributed by atoms with Crippen molar-refractivity contribution in [2.75, 3.05) is 14.1 Å². The minimum absolute atomic E-state index is 0.167. The maximum absolute atomic E-state index is 12.2. The molecule has 1 rings (SSSR count). The quantitative estimate of drug-likeness (QED) is 0.896. The van der Waals surface area contributed by atoms with Gasteiger partial charge in [0.25, 0.3) is 0 Å². The summed E-state index contributed by atoms with van der Waals surface area (Å²) < 4.78 is 27.5. The van der Waals surface area contributed by atoms with Crippen molar-refractivity contribution in [3.05, 3.63) is 28.2 Å². The number of hydrogen-bond acceptors (Lipinski definition) is 3. The molecule has 0 heterocycles. The molecule has 0 saturated carbocycles. The van der Waals surface area contributed by atoms with E-state index in [1.54, 1.807) is 33.2 Å². The lowest BCUT2D eigenvalue weighted by Gasteiger charge is -2.18. The fourth-order valence-electron chi connectivity index (χ4n) is 1.60. The van der Waals surface area contributed by atoms with Crippen LogP contribution in [0.1, 0.15) is 12.5 Å². The summed E-state index contributed by atoms with van der Waals surface area (Å²) in [7, 11) is -0.557. The monoisotopic (exact) mass is 348 g/mol. The molecule has 7 heteroatoms. The lowest BCUT2D eigenvalue weighted by molar-refractivity contribution is -0.130. The zero-order valence-electron chi connectivity index (χ0n) is 11.3. The Morgan fingerprint density at radius 3 is 2.47 bits per heavy atom. The molecular formula is C12H17BrN2O3S. The van der Waals surface area contributed by atoms with Crippen molar-refractivity contribution in [2.45, 2.75) is 24.8 Å². The SMILES string of the molecule is Cc1ccc(Br)cc1S(=O)(=O)NC(C)C(=O)N(C)C. The molecule has 0 spiro atoms. The highest BCUT2D eigenvalue weighted by Crippen LogP contribution is 2.20. The van der Waals surface area contributed by atoms with Gasteiger partial charge in [-0.05, 0) is 31.5 Å². The summed E-state index contributed by atoms with van der Waals surface area (Å²) in [6, 6.07) is 4.18. The Balaban J connectivity index is 3.05. The first-order chi connectivity index (χ1) is 8.65. The highest BCUT2D eigenvalue weighted by Gasteiger charge is 2.24. The predicted molar refractivity (Wildman–Crippen MR) is 77.4 cm³/mol. The van der Waals surface area contributed by atoms with E-state index in [-0.39, 0.29) is 10.8 Å². The van der Waals surface area contributed by atoms with Crippen molar-refractivity contribution in [1.29, 1.82) is 0 Å². The number of nitrogens with one attached hydrogen (secondary N) is 1. The highest BCUT2D eigenvalue weighted by molar-refractivity contribution is 9.10. The Morgan fingerprint density at radius 2 is 1.95 bits per heavy atom. The summed E-state index contributed by atoms with van der Waals surface area (Å²) in [5.74, 6) is -0.295. The molecule has 0 aliphatic rings. The third-order valence-electron chi connectivity index (χ3n) is 2.58. The molecular weight excluding hydrogens is 332 g/mol. The van der Waals surface area contributed by atoms with E-state index in [2.05, 4.69) is 20.7 Å². The molecule has 106 valence electrons. The number of hydrogen-bond donors (Lipinski definition) is 1. The maximum Gasteiger partial charge on any atom is 0.241 e. The van der Waals surface area contributed by atoms with E-state index in [4.69, 9.17) is 0 Å². The van der Waals surface area contributed by atoms with Crippen LogP contribution in [0.25, 0.3) is 0 Å². The fraction of sp³-hybridized carbons (Fsp3) is 0.417. The van der Waals surface area contributed by atoms with Crippen molar-refractivity contribution in [1.82, 2.24) is 9.62 Å². The van der Waals surface area contributed by atoms with Crippen LogP contribution in [0.15, 0.2) is 27.6 Å². The number of likely N-dealkylation sites (N-methyl/N-ethyl adjacent to an activating group) is 1. The van der Waals surface area contributed by atoms with E-state index in [1.165, 1.54) is 17.9 Å². The molecule has 0 saturated heterocycles. The number of amides is 1. The molecule has 0 bridgehead atoms. The zero-order chi connectivity index (χ0) is 14.8. The van der Waals surface area contributed by atoms with Crippen LogP contribution in [0.4, 0.5) is 0 Å². The molecule has 0 aromatic heterocycles. The lowest BCUT2D eigenvalue weighted by Crippen LogP contribution is -2.44. The van der Waals surface area contributed by atoms with E-state index >= 15 is 0 Å². The van der Waals surface area contributed by atoms with Gasteiger partial charge in [-0.1, -0.05) is 22.0 Å². The first kappa shape index (κ1) is 16.1. The molecule has 0 fully saturated rings. The van der Waals surface area contributed by atoms with E-state index < -0.39 is 16.1 Å². The number of carbonyl (C=O) groups is 1. The van der Waals surface area contributed by atoms with Crippen molar-refractivity contribution in [3.8, 4) is 0 Å². The molecule has 0 aliphatic carbocycles. The Morgan fingerprint density at radius 1 is 1.37 bits per heavy atom. The van der Waals surface area contributed by atoms with Crippen LogP contribution in [0.5, 0.6) is 0 Å². The van der Waals surface area contributed by atoms with Crippen LogP contribution in [0.3, 0.4) is 0 Å². The van der Waals surface area contributed by atoms with Crippen molar-refractivity contribution in [3.63, 3.8) is 0 Å². The third-order valence-corrected chi connectivity index (χ3v) is 4.76. The smallest absolute Gasteiger partial charge is 0.241 e. The largest absolute Gasteiger partial charge is 0.347 e. The Kier molecular flexibility index (Phi) is 5.11.